The van der Waals surface area contributed by atoms with Crippen LogP contribution in [0.1, 0.15) is 17.4 Å². The minimum absolute atomic E-state index is 0.548. The van der Waals surface area contributed by atoms with Crippen LogP contribution < -0.4 is 9.47 Å². The summed E-state index contributed by atoms with van der Waals surface area (Å²) in [6.45, 7) is 3.15. The Morgan fingerprint density at radius 2 is 2.00 bits per heavy atom. The van der Waals surface area contributed by atoms with Gasteiger partial charge in [0.15, 0.2) is 11.5 Å². The first kappa shape index (κ1) is 14.9. The van der Waals surface area contributed by atoms with Crippen molar-refractivity contribution in [3.63, 3.8) is 0 Å². The van der Waals surface area contributed by atoms with Gasteiger partial charge in [-0.05, 0) is 52.0 Å². The molecule has 0 unspecified atom stereocenters. The van der Waals surface area contributed by atoms with Crippen LogP contribution in [0.2, 0.25) is 0 Å². The zero-order valence-corrected chi connectivity index (χ0v) is 14.5. The third-order valence-electron chi connectivity index (χ3n) is 2.51. The Bertz CT molecular complexity index is 540. The molecule has 0 saturated heterocycles. The number of halogens is 2. The van der Waals surface area contributed by atoms with Gasteiger partial charge in [-0.2, -0.15) is 0 Å². The van der Waals surface area contributed by atoms with Crippen LogP contribution in [-0.2, 0) is 11.9 Å². The predicted molar refractivity (Wildman–Crippen MR) is 86.6 cm³/mol. The van der Waals surface area contributed by atoms with Crippen molar-refractivity contribution >= 4 is 43.2 Å². The summed E-state index contributed by atoms with van der Waals surface area (Å²) in [5.41, 5.74) is 1.17. The Balaban J connectivity index is 2.12. The van der Waals surface area contributed by atoms with Crippen molar-refractivity contribution in [2.45, 2.75) is 18.9 Å². The summed E-state index contributed by atoms with van der Waals surface area (Å²) in [6, 6.07) is 8.04. The SMILES string of the molecule is CCOc1cc(CBr)ccc1OCc1sccc1Br. The zero-order chi connectivity index (χ0) is 13.7. The van der Waals surface area contributed by atoms with Crippen LogP contribution >= 0.6 is 43.2 Å². The van der Waals surface area contributed by atoms with E-state index in [4.69, 9.17) is 9.47 Å². The van der Waals surface area contributed by atoms with Crippen LogP contribution in [0.25, 0.3) is 0 Å². The fourth-order valence-corrected chi connectivity index (χ4v) is 3.32. The number of hydrogen-bond donors (Lipinski definition) is 0. The van der Waals surface area contributed by atoms with E-state index in [0.717, 1.165) is 21.3 Å². The highest BCUT2D eigenvalue weighted by Gasteiger charge is 2.08. The van der Waals surface area contributed by atoms with Gasteiger partial charge in [-0.1, -0.05) is 22.0 Å². The van der Waals surface area contributed by atoms with Crippen molar-refractivity contribution in [3.8, 4) is 11.5 Å². The molecule has 1 aromatic heterocycles. The monoisotopic (exact) mass is 404 g/mol. The average molecular weight is 406 g/mol. The summed E-state index contributed by atoms with van der Waals surface area (Å²) in [5, 5.41) is 2.85. The van der Waals surface area contributed by atoms with Gasteiger partial charge >= 0.3 is 0 Å². The number of rotatable bonds is 6. The van der Waals surface area contributed by atoms with Crippen molar-refractivity contribution in [1.82, 2.24) is 0 Å². The highest BCUT2D eigenvalue weighted by atomic mass is 79.9. The van der Waals surface area contributed by atoms with Gasteiger partial charge in [-0.3, -0.25) is 0 Å². The minimum Gasteiger partial charge on any atom is -0.490 e. The molecule has 0 atom stereocenters. The van der Waals surface area contributed by atoms with E-state index < -0.39 is 0 Å². The first-order valence-electron chi connectivity index (χ1n) is 5.91. The van der Waals surface area contributed by atoms with Crippen molar-refractivity contribution in [2.75, 3.05) is 6.61 Å². The minimum atomic E-state index is 0.548. The lowest BCUT2D eigenvalue weighted by Crippen LogP contribution is -1.99. The van der Waals surface area contributed by atoms with Crippen LogP contribution in [0.15, 0.2) is 34.1 Å². The van der Waals surface area contributed by atoms with Crippen molar-refractivity contribution in [3.05, 3.63) is 44.6 Å². The third-order valence-corrected chi connectivity index (χ3v) is 5.06. The van der Waals surface area contributed by atoms with Gasteiger partial charge in [-0.25, -0.2) is 0 Å². The zero-order valence-electron chi connectivity index (χ0n) is 10.5. The van der Waals surface area contributed by atoms with Crippen molar-refractivity contribution < 1.29 is 9.47 Å². The molecule has 2 rings (SSSR count). The Kier molecular flexibility index (Phi) is 5.73. The van der Waals surface area contributed by atoms with Crippen molar-refractivity contribution in [1.29, 1.82) is 0 Å². The van der Waals surface area contributed by atoms with Gasteiger partial charge in [0.05, 0.1) is 11.5 Å². The van der Waals surface area contributed by atoms with E-state index in [1.807, 2.05) is 36.6 Å². The lowest BCUT2D eigenvalue weighted by Gasteiger charge is -2.12. The molecule has 0 radical (unpaired) electrons. The molecule has 5 heteroatoms. The first-order chi connectivity index (χ1) is 9.24. The molecule has 2 nitrogen and oxygen atoms in total. The Labute approximate surface area is 134 Å². The van der Waals surface area contributed by atoms with Crippen LogP contribution in [0.5, 0.6) is 11.5 Å². The fraction of sp³-hybridized carbons (Fsp3) is 0.286. The molecule has 0 aliphatic heterocycles. The van der Waals surface area contributed by atoms with Gasteiger partial charge in [0.25, 0.3) is 0 Å². The standard InChI is InChI=1S/C14H14Br2O2S/c1-2-17-13-7-10(8-15)3-4-12(13)18-9-14-11(16)5-6-19-14/h3-7H,2,8-9H2,1H3. The summed E-state index contributed by atoms with van der Waals surface area (Å²) in [7, 11) is 0. The smallest absolute Gasteiger partial charge is 0.161 e. The molecule has 0 aliphatic carbocycles. The normalized spacial score (nSPS) is 10.5. The molecule has 0 saturated carbocycles. The fourth-order valence-electron chi connectivity index (χ4n) is 1.59. The molecule has 0 amide bonds. The van der Waals surface area contributed by atoms with E-state index in [1.165, 1.54) is 10.4 Å². The number of hydrogen-bond acceptors (Lipinski definition) is 3. The number of ether oxygens (including phenoxy) is 2. The van der Waals surface area contributed by atoms with E-state index in [1.54, 1.807) is 11.3 Å². The van der Waals surface area contributed by atoms with E-state index in [2.05, 4.69) is 31.9 Å². The van der Waals surface area contributed by atoms with Gasteiger partial charge in [0, 0.05) is 9.80 Å². The molecule has 1 heterocycles. The highest BCUT2D eigenvalue weighted by molar-refractivity contribution is 9.10. The number of alkyl halides is 1. The molecule has 0 spiro atoms. The molecule has 2 aromatic rings. The molecule has 19 heavy (non-hydrogen) atoms. The average Bonchev–Trinajstić information content (AvgIpc) is 2.83. The molecule has 0 bridgehead atoms. The maximum atomic E-state index is 5.85. The maximum Gasteiger partial charge on any atom is 0.161 e. The van der Waals surface area contributed by atoms with E-state index in [-0.39, 0.29) is 0 Å². The summed E-state index contributed by atoms with van der Waals surface area (Å²) >= 11 is 8.63. The van der Waals surface area contributed by atoms with Gasteiger partial charge in [0.1, 0.15) is 6.61 Å². The summed E-state index contributed by atoms with van der Waals surface area (Å²) in [4.78, 5) is 1.17. The van der Waals surface area contributed by atoms with E-state index in [0.29, 0.717) is 13.2 Å². The lowest BCUT2D eigenvalue weighted by atomic mass is 10.2. The molecular formula is C14H14Br2O2S. The second-order valence-corrected chi connectivity index (χ2v) is 6.24. The van der Waals surface area contributed by atoms with E-state index in [9.17, 15) is 0 Å². The Morgan fingerprint density at radius 3 is 2.63 bits per heavy atom. The predicted octanol–water partition coefficient (Wildman–Crippen LogP) is 5.38. The largest absolute Gasteiger partial charge is 0.490 e. The Hall–Kier alpha value is -0.520. The number of thiophene rings is 1. The molecule has 0 N–H and O–H groups in total. The van der Waals surface area contributed by atoms with Crippen LogP contribution in [0, 0.1) is 0 Å². The van der Waals surface area contributed by atoms with Crippen LogP contribution in [0.4, 0.5) is 0 Å². The first-order valence-corrected chi connectivity index (χ1v) is 8.70. The van der Waals surface area contributed by atoms with Crippen LogP contribution in [0.3, 0.4) is 0 Å². The quantitative estimate of drug-likeness (QED) is 0.600. The second kappa shape index (κ2) is 7.31. The number of benzene rings is 1. The van der Waals surface area contributed by atoms with E-state index >= 15 is 0 Å². The second-order valence-electron chi connectivity index (χ2n) is 3.83. The van der Waals surface area contributed by atoms with Crippen LogP contribution in [-0.4, -0.2) is 6.61 Å². The Morgan fingerprint density at radius 1 is 1.16 bits per heavy atom. The summed E-state index contributed by atoms with van der Waals surface area (Å²) in [5.74, 6) is 1.58. The lowest BCUT2D eigenvalue weighted by molar-refractivity contribution is 0.271. The third kappa shape index (κ3) is 3.97. The molecular weight excluding hydrogens is 392 g/mol. The van der Waals surface area contributed by atoms with Gasteiger partial charge in [0.2, 0.25) is 0 Å². The topological polar surface area (TPSA) is 18.5 Å². The van der Waals surface area contributed by atoms with Gasteiger partial charge < -0.3 is 9.47 Å². The molecule has 0 fully saturated rings. The molecule has 102 valence electrons. The van der Waals surface area contributed by atoms with Crippen molar-refractivity contribution in [2.24, 2.45) is 0 Å². The molecule has 1 aromatic carbocycles. The maximum absolute atomic E-state index is 5.85. The highest BCUT2D eigenvalue weighted by Crippen LogP contribution is 2.31. The summed E-state index contributed by atoms with van der Waals surface area (Å²) < 4.78 is 12.6. The summed E-state index contributed by atoms with van der Waals surface area (Å²) in [6.07, 6.45) is 0. The molecule has 0 aliphatic rings. The van der Waals surface area contributed by atoms with Gasteiger partial charge in [-0.15, -0.1) is 11.3 Å².